The van der Waals surface area contributed by atoms with E-state index in [0.29, 0.717) is 36.5 Å². The third-order valence-corrected chi connectivity index (χ3v) is 3.69. The molecule has 2 rings (SSSR count). The smallest absolute Gasteiger partial charge is 0.256 e. The van der Waals surface area contributed by atoms with Crippen molar-refractivity contribution in [1.29, 1.82) is 5.26 Å². The zero-order valence-electron chi connectivity index (χ0n) is 12.2. The van der Waals surface area contributed by atoms with E-state index in [1.165, 1.54) is 0 Å². The number of methoxy groups -OCH3 is 1. The van der Waals surface area contributed by atoms with Crippen LogP contribution in [0.25, 0.3) is 0 Å². The van der Waals surface area contributed by atoms with Crippen molar-refractivity contribution in [1.82, 2.24) is 9.80 Å². The summed E-state index contributed by atoms with van der Waals surface area (Å²) in [5, 5.41) is 8.59. The number of hydrogen-bond acceptors (Lipinski definition) is 5. The molecule has 1 aliphatic heterocycles. The zero-order chi connectivity index (χ0) is 15.2. The molecule has 0 radical (unpaired) electrons. The fourth-order valence-electron chi connectivity index (χ4n) is 2.42. The van der Waals surface area contributed by atoms with Crippen LogP contribution in [-0.4, -0.2) is 55.5 Å². The van der Waals surface area contributed by atoms with E-state index in [4.69, 9.17) is 15.7 Å². The fourth-order valence-corrected chi connectivity index (χ4v) is 2.42. The molecule has 0 atom stereocenters. The number of piperazine rings is 1. The molecule has 1 fully saturated rings. The topological polar surface area (TPSA) is 82.6 Å². The maximum Gasteiger partial charge on any atom is 0.256 e. The Morgan fingerprint density at radius 1 is 1.38 bits per heavy atom. The van der Waals surface area contributed by atoms with Crippen LogP contribution in [-0.2, 0) is 0 Å². The van der Waals surface area contributed by atoms with E-state index in [1.54, 1.807) is 30.2 Å². The van der Waals surface area contributed by atoms with E-state index in [-0.39, 0.29) is 5.91 Å². The number of nitrogens with two attached hydrogens (primary N) is 1. The molecule has 21 heavy (non-hydrogen) atoms. The molecule has 6 nitrogen and oxygen atoms in total. The summed E-state index contributed by atoms with van der Waals surface area (Å²) < 4.78 is 5.09. The van der Waals surface area contributed by atoms with Gasteiger partial charge in [-0.15, -0.1) is 0 Å². The second kappa shape index (κ2) is 6.95. The minimum atomic E-state index is -0.0462. The van der Waals surface area contributed by atoms with Gasteiger partial charge in [-0.2, -0.15) is 5.26 Å². The van der Waals surface area contributed by atoms with Gasteiger partial charge in [-0.3, -0.25) is 9.69 Å². The minimum Gasteiger partial charge on any atom is -0.497 e. The molecule has 1 aliphatic rings. The van der Waals surface area contributed by atoms with Crippen LogP contribution in [0.4, 0.5) is 5.69 Å². The van der Waals surface area contributed by atoms with Crippen LogP contribution in [0.3, 0.4) is 0 Å². The number of carbonyl (C=O) groups excluding carboxylic acids is 1. The van der Waals surface area contributed by atoms with Crippen LogP contribution in [0.15, 0.2) is 18.2 Å². The van der Waals surface area contributed by atoms with Crippen molar-refractivity contribution in [3.63, 3.8) is 0 Å². The second-order valence-electron chi connectivity index (χ2n) is 5.00. The maximum atomic E-state index is 12.5. The molecule has 1 saturated heterocycles. The first-order valence-corrected chi connectivity index (χ1v) is 6.98. The molecule has 0 aliphatic carbocycles. The van der Waals surface area contributed by atoms with E-state index in [9.17, 15) is 4.79 Å². The third-order valence-electron chi connectivity index (χ3n) is 3.69. The number of nitriles is 1. The van der Waals surface area contributed by atoms with Crippen molar-refractivity contribution in [3.8, 4) is 11.8 Å². The van der Waals surface area contributed by atoms with Gasteiger partial charge in [0.25, 0.3) is 5.91 Å². The van der Waals surface area contributed by atoms with Crippen molar-refractivity contribution >= 4 is 11.6 Å². The molecule has 1 aromatic rings. The number of anilines is 1. The Labute approximate surface area is 124 Å². The first kappa shape index (κ1) is 15.1. The Hall–Kier alpha value is -2.26. The van der Waals surface area contributed by atoms with Crippen molar-refractivity contribution in [2.45, 2.75) is 6.42 Å². The van der Waals surface area contributed by atoms with Gasteiger partial charge in [-0.1, -0.05) is 0 Å². The van der Waals surface area contributed by atoms with Crippen LogP contribution in [0.5, 0.6) is 5.75 Å². The summed E-state index contributed by atoms with van der Waals surface area (Å²) in [7, 11) is 1.57. The van der Waals surface area contributed by atoms with Gasteiger partial charge in [0.05, 0.1) is 18.7 Å². The molecular formula is C15H20N4O2. The fraction of sp³-hybridized carbons (Fsp3) is 0.467. The molecule has 0 aromatic heterocycles. The second-order valence-corrected chi connectivity index (χ2v) is 5.00. The minimum absolute atomic E-state index is 0.0462. The van der Waals surface area contributed by atoms with Gasteiger partial charge in [-0.25, -0.2) is 0 Å². The number of amides is 1. The van der Waals surface area contributed by atoms with E-state index >= 15 is 0 Å². The number of ether oxygens (including phenoxy) is 1. The summed E-state index contributed by atoms with van der Waals surface area (Å²) in [5.41, 5.74) is 6.88. The van der Waals surface area contributed by atoms with Crippen LogP contribution in [0.2, 0.25) is 0 Å². The normalized spacial score (nSPS) is 15.5. The first-order chi connectivity index (χ1) is 10.2. The summed E-state index contributed by atoms with van der Waals surface area (Å²) in [4.78, 5) is 16.5. The van der Waals surface area contributed by atoms with Crippen LogP contribution in [0.1, 0.15) is 16.8 Å². The molecule has 0 saturated carbocycles. The Morgan fingerprint density at radius 3 is 2.67 bits per heavy atom. The molecule has 1 amide bonds. The molecule has 2 N–H and O–H groups in total. The lowest BCUT2D eigenvalue weighted by Gasteiger charge is -2.34. The predicted molar refractivity (Wildman–Crippen MR) is 80.0 cm³/mol. The van der Waals surface area contributed by atoms with Crippen molar-refractivity contribution in [2.75, 3.05) is 45.6 Å². The van der Waals surface area contributed by atoms with Gasteiger partial charge in [0.2, 0.25) is 0 Å². The lowest BCUT2D eigenvalue weighted by atomic mass is 10.1. The van der Waals surface area contributed by atoms with E-state index in [1.807, 2.05) is 0 Å². The monoisotopic (exact) mass is 288 g/mol. The van der Waals surface area contributed by atoms with E-state index in [2.05, 4.69) is 11.0 Å². The Bertz CT molecular complexity index is 545. The van der Waals surface area contributed by atoms with Gasteiger partial charge >= 0.3 is 0 Å². The molecule has 6 heteroatoms. The summed E-state index contributed by atoms with van der Waals surface area (Å²) in [6.45, 7) is 3.68. The van der Waals surface area contributed by atoms with Crippen molar-refractivity contribution in [2.24, 2.45) is 0 Å². The van der Waals surface area contributed by atoms with Crippen LogP contribution >= 0.6 is 0 Å². The first-order valence-electron chi connectivity index (χ1n) is 6.98. The third kappa shape index (κ3) is 3.64. The quantitative estimate of drug-likeness (QED) is 0.834. The summed E-state index contributed by atoms with van der Waals surface area (Å²) in [6, 6.07) is 7.26. The van der Waals surface area contributed by atoms with Gasteiger partial charge in [0.15, 0.2) is 0 Å². The largest absolute Gasteiger partial charge is 0.497 e. The molecule has 1 heterocycles. The average molecular weight is 288 g/mol. The molecule has 0 bridgehead atoms. The number of benzene rings is 1. The molecule has 1 aromatic carbocycles. The zero-order valence-corrected chi connectivity index (χ0v) is 12.2. The number of nitrogens with zero attached hydrogens (tertiary/aromatic N) is 3. The highest BCUT2D eigenvalue weighted by atomic mass is 16.5. The number of hydrogen-bond donors (Lipinski definition) is 1. The van der Waals surface area contributed by atoms with Crippen molar-refractivity contribution in [3.05, 3.63) is 23.8 Å². The molecule has 112 valence electrons. The van der Waals surface area contributed by atoms with Gasteiger partial charge in [0, 0.05) is 50.9 Å². The van der Waals surface area contributed by atoms with Gasteiger partial charge < -0.3 is 15.4 Å². The number of nitrogen functional groups attached to an aromatic ring is 1. The van der Waals surface area contributed by atoms with Crippen LogP contribution in [0, 0.1) is 11.3 Å². The summed E-state index contributed by atoms with van der Waals surface area (Å²) in [6.07, 6.45) is 0.527. The predicted octanol–water partition coefficient (Wildman–Crippen LogP) is 0.949. The van der Waals surface area contributed by atoms with Gasteiger partial charge in [-0.05, 0) is 12.1 Å². The standard InChI is InChI=1S/C15H20N4O2/c1-21-12-3-4-13(14(17)11-12)15(20)19-9-7-18(8-10-19)6-2-5-16/h3-4,11H,2,6-10,17H2,1H3. The Kier molecular flexibility index (Phi) is 5.01. The molecular weight excluding hydrogens is 268 g/mol. The number of carbonyl (C=O) groups is 1. The molecule has 0 spiro atoms. The SMILES string of the molecule is COc1ccc(C(=O)N2CCN(CCC#N)CC2)c(N)c1. The summed E-state index contributed by atoms with van der Waals surface area (Å²) in [5.74, 6) is 0.598. The lowest BCUT2D eigenvalue weighted by Crippen LogP contribution is -2.48. The van der Waals surface area contributed by atoms with Crippen LogP contribution < -0.4 is 10.5 Å². The Balaban J connectivity index is 1.97. The average Bonchev–Trinajstić information content (AvgIpc) is 2.52. The van der Waals surface area contributed by atoms with Gasteiger partial charge in [0.1, 0.15) is 5.75 Å². The van der Waals surface area contributed by atoms with E-state index in [0.717, 1.165) is 19.6 Å². The molecule has 0 unspecified atom stereocenters. The Morgan fingerprint density at radius 2 is 2.10 bits per heavy atom. The lowest BCUT2D eigenvalue weighted by molar-refractivity contribution is 0.0641. The summed E-state index contributed by atoms with van der Waals surface area (Å²) >= 11 is 0. The number of rotatable bonds is 4. The van der Waals surface area contributed by atoms with Crippen molar-refractivity contribution < 1.29 is 9.53 Å². The highest BCUT2D eigenvalue weighted by Gasteiger charge is 2.23. The maximum absolute atomic E-state index is 12.5. The van der Waals surface area contributed by atoms with E-state index < -0.39 is 0 Å². The highest BCUT2D eigenvalue weighted by molar-refractivity contribution is 5.99. The highest BCUT2D eigenvalue weighted by Crippen LogP contribution is 2.21.